The van der Waals surface area contributed by atoms with Gasteiger partial charge in [-0.05, 0) is 78.6 Å². The Labute approximate surface area is 248 Å². The van der Waals surface area contributed by atoms with Gasteiger partial charge in [0.2, 0.25) is 0 Å². The second kappa shape index (κ2) is 10.3. The highest BCUT2D eigenvalue weighted by atomic mass is 19.4. The van der Waals surface area contributed by atoms with Gasteiger partial charge in [-0.25, -0.2) is 0 Å². The molecular formula is C32H36F3N5O3. The van der Waals surface area contributed by atoms with Crippen LogP contribution in [0.2, 0.25) is 0 Å². The Morgan fingerprint density at radius 2 is 2.00 bits per heavy atom. The number of alkyl halides is 3. The Morgan fingerprint density at radius 1 is 1.19 bits per heavy atom. The number of benzene rings is 2. The van der Waals surface area contributed by atoms with E-state index in [1.54, 1.807) is 19.5 Å². The summed E-state index contributed by atoms with van der Waals surface area (Å²) in [5, 5.41) is 8.56. The van der Waals surface area contributed by atoms with Crippen molar-refractivity contribution in [2.75, 3.05) is 31.7 Å². The smallest absolute Gasteiger partial charge is 0.416 e. The van der Waals surface area contributed by atoms with E-state index in [1.165, 1.54) is 11.0 Å². The Morgan fingerprint density at radius 3 is 2.70 bits per heavy atom. The molecule has 11 heteroatoms. The zero-order valence-electron chi connectivity index (χ0n) is 24.7. The molecule has 3 aliphatic heterocycles. The molecule has 2 fully saturated rings. The highest BCUT2D eigenvalue weighted by Crippen LogP contribution is 2.53. The summed E-state index contributed by atoms with van der Waals surface area (Å²) in [4.78, 5) is 17.7. The first-order valence-corrected chi connectivity index (χ1v) is 15.0. The predicted molar refractivity (Wildman–Crippen MR) is 153 cm³/mol. The lowest BCUT2D eigenvalue weighted by molar-refractivity contribution is -0.138. The van der Waals surface area contributed by atoms with E-state index in [2.05, 4.69) is 28.1 Å². The molecule has 43 heavy (non-hydrogen) atoms. The fourth-order valence-corrected chi connectivity index (χ4v) is 7.61. The zero-order valence-corrected chi connectivity index (χ0v) is 24.7. The number of aryl methyl sites for hydroxylation is 1. The van der Waals surface area contributed by atoms with Crippen molar-refractivity contribution in [2.24, 2.45) is 13.0 Å². The maximum absolute atomic E-state index is 14.5. The molecule has 0 N–H and O–H groups in total. The number of carbonyl (C=O) groups excluding carboxylic acids is 1. The fourth-order valence-electron chi connectivity index (χ4n) is 7.61. The largest absolute Gasteiger partial charge is 0.491 e. The van der Waals surface area contributed by atoms with Gasteiger partial charge in [0.25, 0.3) is 5.91 Å². The van der Waals surface area contributed by atoms with Gasteiger partial charge in [-0.2, -0.15) is 13.2 Å². The minimum absolute atomic E-state index is 0.0246. The molecule has 0 radical (unpaired) electrons. The van der Waals surface area contributed by atoms with Crippen molar-refractivity contribution in [3.05, 3.63) is 69.8 Å². The number of ether oxygens (including phenoxy) is 2. The number of hydrogen-bond donors (Lipinski definition) is 0. The number of carbonyl (C=O) groups is 1. The molecule has 8 nitrogen and oxygen atoms in total. The van der Waals surface area contributed by atoms with E-state index >= 15 is 0 Å². The fraction of sp³-hybridized carbons (Fsp3) is 0.531. The number of hydrogen-bond acceptors (Lipinski definition) is 6. The number of methoxy groups -OCH3 is 1. The SMILES string of the molecule is COC1CC(c2cc3c(c(N4Cc5c(cc(CN6CCC[C@H](C)C6)cc5C(F)(F)F)C4=O)c2)OCC3)(c2nncn2C)C1. The van der Waals surface area contributed by atoms with E-state index in [0.29, 0.717) is 55.3 Å². The normalized spacial score (nSPS) is 25.4. The average Bonchev–Trinajstić information content (AvgIpc) is 3.67. The molecule has 1 amide bonds. The highest BCUT2D eigenvalue weighted by Gasteiger charge is 2.51. The van der Waals surface area contributed by atoms with Crippen molar-refractivity contribution in [3.8, 4) is 5.75 Å². The maximum Gasteiger partial charge on any atom is 0.416 e. The van der Waals surface area contributed by atoms with Crippen LogP contribution in [0.4, 0.5) is 18.9 Å². The van der Waals surface area contributed by atoms with Gasteiger partial charge in [-0.1, -0.05) is 13.0 Å². The van der Waals surface area contributed by atoms with E-state index < -0.39 is 23.1 Å². The van der Waals surface area contributed by atoms with Gasteiger partial charge in [0.15, 0.2) is 0 Å². The molecule has 1 saturated heterocycles. The molecule has 2 aromatic carbocycles. The van der Waals surface area contributed by atoms with Crippen LogP contribution in [-0.2, 0) is 42.9 Å². The number of piperidine rings is 1. The van der Waals surface area contributed by atoms with E-state index in [4.69, 9.17) is 9.47 Å². The predicted octanol–water partition coefficient (Wildman–Crippen LogP) is 5.26. The minimum Gasteiger partial charge on any atom is -0.491 e. The minimum atomic E-state index is -4.58. The Kier molecular flexibility index (Phi) is 6.81. The lowest BCUT2D eigenvalue weighted by Gasteiger charge is -2.46. The summed E-state index contributed by atoms with van der Waals surface area (Å²) >= 11 is 0. The second-order valence-electron chi connectivity index (χ2n) is 12.7. The van der Waals surface area contributed by atoms with Gasteiger partial charge < -0.3 is 18.9 Å². The van der Waals surface area contributed by atoms with Crippen LogP contribution in [0.15, 0.2) is 30.6 Å². The van der Waals surface area contributed by atoms with Gasteiger partial charge in [0, 0.05) is 39.2 Å². The summed E-state index contributed by atoms with van der Waals surface area (Å²) in [7, 11) is 3.59. The zero-order chi connectivity index (χ0) is 30.1. The first-order valence-electron chi connectivity index (χ1n) is 15.0. The molecule has 1 saturated carbocycles. The number of nitrogens with zero attached hydrogens (tertiary/aromatic N) is 5. The van der Waals surface area contributed by atoms with Crippen LogP contribution in [0.5, 0.6) is 5.75 Å². The summed E-state index contributed by atoms with van der Waals surface area (Å²) in [6.45, 7) is 4.52. The molecule has 3 aromatic rings. The first-order chi connectivity index (χ1) is 20.6. The molecule has 0 spiro atoms. The lowest BCUT2D eigenvalue weighted by Crippen LogP contribution is -2.48. The molecule has 1 aromatic heterocycles. The van der Waals surface area contributed by atoms with Gasteiger partial charge in [-0.15, -0.1) is 10.2 Å². The van der Waals surface area contributed by atoms with Crippen molar-refractivity contribution in [1.82, 2.24) is 19.7 Å². The summed E-state index contributed by atoms with van der Waals surface area (Å²) in [5.41, 5.74) is 1.83. The Hall–Kier alpha value is -3.44. The van der Waals surface area contributed by atoms with Crippen molar-refractivity contribution < 1.29 is 27.4 Å². The number of aromatic nitrogens is 3. The van der Waals surface area contributed by atoms with Crippen LogP contribution in [0, 0.1) is 5.92 Å². The number of anilines is 1. The van der Waals surface area contributed by atoms with Gasteiger partial charge in [0.1, 0.15) is 17.9 Å². The number of fused-ring (bicyclic) bond motifs is 2. The maximum atomic E-state index is 14.5. The summed E-state index contributed by atoms with van der Waals surface area (Å²) in [6.07, 6.45) is 1.28. The summed E-state index contributed by atoms with van der Waals surface area (Å²) < 4.78 is 57.0. The number of halogens is 3. The standard InChI is InChI=1S/C32H36F3N5O3/c1-19-5-4-7-39(15-19)16-20-9-24-25(26(10-20)32(33,34)35)17-40(29(24)41)27-12-22(11-21-6-8-43-28(21)27)31(13-23(14-31)42-3)30-37-36-18-38(30)2/h9-12,18-19,23H,4-8,13-17H2,1-3H3/t19-,23?,31?/m0/s1. The van der Waals surface area contributed by atoms with Crippen molar-refractivity contribution in [2.45, 2.75) is 69.8 Å². The molecule has 4 aliphatic rings. The Balaban J connectivity index is 1.29. The van der Waals surface area contributed by atoms with Crippen LogP contribution in [0.1, 0.15) is 76.6 Å². The average molecular weight is 596 g/mol. The van der Waals surface area contributed by atoms with Crippen LogP contribution < -0.4 is 9.64 Å². The third-order valence-electron chi connectivity index (χ3n) is 9.79. The molecule has 7 rings (SSSR count). The second-order valence-corrected chi connectivity index (χ2v) is 12.7. The molecule has 0 unspecified atom stereocenters. The van der Waals surface area contributed by atoms with E-state index in [-0.39, 0.29) is 23.8 Å². The van der Waals surface area contributed by atoms with Crippen LogP contribution >= 0.6 is 0 Å². The van der Waals surface area contributed by atoms with Crippen molar-refractivity contribution >= 4 is 11.6 Å². The van der Waals surface area contributed by atoms with Gasteiger partial charge >= 0.3 is 6.18 Å². The molecule has 0 bridgehead atoms. The first kappa shape index (κ1) is 28.3. The molecule has 1 atom stereocenters. The van der Waals surface area contributed by atoms with Crippen molar-refractivity contribution in [1.29, 1.82) is 0 Å². The van der Waals surface area contributed by atoms with Crippen LogP contribution in [-0.4, -0.2) is 58.5 Å². The summed E-state index contributed by atoms with van der Waals surface area (Å²) in [6, 6.07) is 6.93. The number of likely N-dealkylation sites (tertiary alicyclic amines) is 1. The molecule has 1 aliphatic carbocycles. The lowest BCUT2D eigenvalue weighted by atomic mass is 9.61. The van der Waals surface area contributed by atoms with Crippen LogP contribution in [0.3, 0.4) is 0 Å². The Bertz CT molecular complexity index is 1580. The quantitative estimate of drug-likeness (QED) is 0.388. The summed E-state index contributed by atoms with van der Waals surface area (Å²) in [5.74, 6) is 1.42. The third kappa shape index (κ3) is 4.71. The number of amides is 1. The van der Waals surface area contributed by atoms with E-state index in [0.717, 1.165) is 42.9 Å². The third-order valence-corrected chi connectivity index (χ3v) is 9.79. The van der Waals surface area contributed by atoms with E-state index in [1.807, 2.05) is 17.7 Å². The van der Waals surface area contributed by atoms with Gasteiger partial charge in [0.05, 0.1) is 35.9 Å². The molecule has 4 heterocycles. The molecule has 228 valence electrons. The van der Waals surface area contributed by atoms with Crippen LogP contribution in [0.25, 0.3) is 0 Å². The monoisotopic (exact) mass is 595 g/mol. The molecular weight excluding hydrogens is 559 g/mol. The highest BCUT2D eigenvalue weighted by molar-refractivity contribution is 6.11. The van der Waals surface area contributed by atoms with E-state index in [9.17, 15) is 18.0 Å². The topological polar surface area (TPSA) is 72.7 Å². The van der Waals surface area contributed by atoms with Crippen molar-refractivity contribution in [3.63, 3.8) is 0 Å². The number of rotatable bonds is 6. The van der Waals surface area contributed by atoms with Gasteiger partial charge in [-0.3, -0.25) is 9.69 Å².